The van der Waals surface area contributed by atoms with Gasteiger partial charge < -0.3 is 5.32 Å². The number of nitro groups is 1. The summed E-state index contributed by atoms with van der Waals surface area (Å²) in [6.45, 7) is 3.17. The number of aromatic nitrogens is 1. The molecule has 1 heterocycles. The summed E-state index contributed by atoms with van der Waals surface area (Å²) in [5.41, 5.74) is 1.31. The van der Waals surface area contributed by atoms with Gasteiger partial charge in [-0.2, -0.15) is 0 Å². The summed E-state index contributed by atoms with van der Waals surface area (Å²) in [7, 11) is 0. The second-order valence-electron chi connectivity index (χ2n) is 3.97. The molecule has 18 heavy (non-hydrogen) atoms. The topological polar surface area (TPSA) is 85.1 Å². The van der Waals surface area contributed by atoms with Crippen LogP contribution < -0.4 is 5.32 Å². The fourth-order valence-electron chi connectivity index (χ4n) is 1.49. The molecule has 98 valence electrons. The third kappa shape index (κ3) is 3.69. The molecule has 1 rings (SSSR count). The van der Waals surface area contributed by atoms with Gasteiger partial charge in [0.05, 0.1) is 11.4 Å². The van der Waals surface area contributed by atoms with E-state index >= 15 is 0 Å². The van der Waals surface area contributed by atoms with E-state index < -0.39 is 17.4 Å². The van der Waals surface area contributed by atoms with Crippen molar-refractivity contribution in [1.82, 2.24) is 4.98 Å². The Labute approximate surface area is 109 Å². The number of carbonyl (C=O) groups excluding carboxylic acids is 1. The molecule has 0 radical (unpaired) electrons. The van der Waals surface area contributed by atoms with Gasteiger partial charge in [-0.15, -0.1) is 11.8 Å². The van der Waals surface area contributed by atoms with Crippen LogP contribution in [-0.2, 0) is 4.79 Å². The number of anilines is 1. The SMILES string of the molecule is CSc1ccnc(C(C)C)c1NC(=O)C[N+](=O)[O-]. The second kappa shape index (κ2) is 6.34. The molecule has 7 heteroatoms. The first kappa shape index (κ1) is 14.4. The summed E-state index contributed by atoms with van der Waals surface area (Å²) in [6.07, 6.45) is 3.55. The molecule has 0 unspecified atom stereocenters. The molecule has 0 aliphatic rings. The third-order valence-electron chi connectivity index (χ3n) is 2.25. The van der Waals surface area contributed by atoms with Crippen LogP contribution in [0.3, 0.4) is 0 Å². The van der Waals surface area contributed by atoms with Crippen molar-refractivity contribution in [2.24, 2.45) is 0 Å². The van der Waals surface area contributed by atoms with Gasteiger partial charge in [-0.1, -0.05) is 13.8 Å². The van der Waals surface area contributed by atoms with Crippen LogP contribution in [-0.4, -0.2) is 28.6 Å². The minimum absolute atomic E-state index is 0.128. The maximum absolute atomic E-state index is 11.5. The molecule has 6 nitrogen and oxygen atoms in total. The number of carbonyl (C=O) groups is 1. The van der Waals surface area contributed by atoms with Crippen LogP contribution in [0.25, 0.3) is 0 Å². The molecule has 0 bridgehead atoms. The largest absolute Gasteiger partial charge is 0.318 e. The molecule has 0 spiro atoms. The predicted molar refractivity (Wildman–Crippen MR) is 70.6 cm³/mol. The van der Waals surface area contributed by atoms with E-state index in [-0.39, 0.29) is 5.92 Å². The van der Waals surface area contributed by atoms with E-state index in [1.807, 2.05) is 20.1 Å². The summed E-state index contributed by atoms with van der Waals surface area (Å²) in [5.74, 6) is -0.506. The smallest absolute Gasteiger partial charge is 0.296 e. The number of hydrogen-bond acceptors (Lipinski definition) is 5. The Morgan fingerprint density at radius 2 is 2.28 bits per heavy atom. The lowest BCUT2D eigenvalue weighted by Gasteiger charge is -2.14. The Hall–Kier alpha value is -1.63. The van der Waals surface area contributed by atoms with E-state index in [4.69, 9.17) is 0 Å². The number of pyridine rings is 1. The fraction of sp³-hybridized carbons (Fsp3) is 0.455. The van der Waals surface area contributed by atoms with Gasteiger partial charge in [0.2, 0.25) is 0 Å². The first-order valence-corrected chi connectivity index (χ1v) is 6.62. The quantitative estimate of drug-likeness (QED) is 0.503. The molecule has 0 aromatic carbocycles. The van der Waals surface area contributed by atoms with Crippen LogP contribution in [0.4, 0.5) is 5.69 Å². The Morgan fingerprint density at radius 3 is 2.78 bits per heavy atom. The molecule has 1 amide bonds. The van der Waals surface area contributed by atoms with Crippen LogP contribution >= 0.6 is 11.8 Å². The van der Waals surface area contributed by atoms with Crippen LogP contribution in [0.2, 0.25) is 0 Å². The first-order chi connectivity index (χ1) is 8.45. The summed E-state index contributed by atoms with van der Waals surface area (Å²) >= 11 is 1.46. The average molecular weight is 269 g/mol. The van der Waals surface area contributed by atoms with Crippen LogP contribution in [0.15, 0.2) is 17.2 Å². The average Bonchev–Trinajstić information content (AvgIpc) is 2.27. The van der Waals surface area contributed by atoms with E-state index in [1.54, 1.807) is 12.3 Å². The molecule has 0 aliphatic carbocycles. The van der Waals surface area contributed by atoms with Crippen molar-refractivity contribution in [3.63, 3.8) is 0 Å². The standard InChI is InChI=1S/C11H15N3O3S/c1-7(2)10-11(8(18-3)4-5-12-10)13-9(15)6-14(16)17/h4-5,7H,6H2,1-3H3,(H,13,15). The molecular formula is C11H15N3O3S. The Balaban J connectivity index is 3.04. The number of hydrogen-bond donors (Lipinski definition) is 1. The molecule has 0 atom stereocenters. The molecule has 0 aliphatic heterocycles. The van der Waals surface area contributed by atoms with Crippen molar-refractivity contribution in [1.29, 1.82) is 0 Å². The molecule has 0 fully saturated rings. The fourth-order valence-corrected chi connectivity index (χ4v) is 2.05. The van der Waals surface area contributed by atoms with Crippen molar-refractivity contribution in [2.75, 3.05) is 18.1 Å². The highest BCUT2D eigenvalue weighted by Gasteiger charge is 2.17. The monoisotopic (exact) mass is 269 g/mol. The maximum Gasteiger partial charge on any atom is 0.296 e. The zero-order valence-corrected chi connectivity index (χ0v) is 11.3. The highest BCUT2D eigenvalue weighted by atomic mass is 32.2. The van der Waals surface area contributed by atoms with Crippen molar-refractivity contribution in [3.8, 4) is 0 Å². The van der Waals surface area contributed by atoms with Crippen molar-refractivity contribution >= 4 is 23.4 Å². The lowest BCUT2D eigenvalue weighted by atomic mass is 10.1. The van der Waals surface area contributed by atoms with Gasteiger partial charge in [0.1, 0.15) is 0 Å². The van der Waals surface area contributed by atoms with Gasteiger partial charge in [0, 0.05) is 16.0 Å². The molecule has 1 aromatic rings. The summed E-state index contributed by atoms with van der Waals surface area (Å²) < 4.78 is 0. The Morgan fingerprint density at radius 1 is 1.61 bits per heavy atom. The lowest BCUT2D eigenvalue weighted by molar-refractivity contribution is -0.467. The van der Waals surface area contributed by atoms with Gasteiger partial charge in [-0.3, -0.25) is 19.9 Å². The molecule has 0 saturated carbocycles. The number of amides is 1. The number of thioether (sulfide) groups is 1. The van der Waals surface area contributed by atoms with Crippen molar-refractivity contribution in [2.45, 2.75) is 24.7 Å². The number of nitrogens with one attached hydrogen (secondary N) is 1. The zero-order valence-electron chi connectivity index (χ0n) is 10.5. The molecule has 1 aromatic heterocycles. The van der Waals surface area contributed by atoms with Crippen molar-refractivity contribution in [3.05, 3.63) is 28.1 Å². The van der Waals surface area contributed by atoms with Gasteiger partial charge >= 0.3 is 0 Å². The van der Waals surface area contributed by atoms with E-state index in [2.05, 4.69) is 10.3 Å². The Bertz CT molecular complexity index is 463. The van der Waals surface area contributed by atoms with E-state index in [0.717, 1.165) is 10.6 Å². The van der Waals surface area contributed by atoms with Gasteiger partial charge in [0.15, 0.2) is 0 Å². The van der Waals surface area contributed by atoms with E-state index in [0.29, 0.717) is 5.69 Å². The minimum atomic E-state index is -0.736. The van der Waals surface area contributed by atoms with Gasteiger partial charge in [-0.25, -0.2) is 0 Å². The van der Waals surface area contributed by atoms with Gasteiger partial charge in [-0.05, 0) is 18.2 Å². The van der Waals surface area contributed by atoms with Gasteiger partial charge in [0.25, 0.3) is 12.5 Å². The maximum atomic E-state index is 11.5. The third-order valence-corrected chi connectivity index (χ3v) is 3.03. The highest BCUT2D eigenvalue weighted by Crippen LogP contribution is 2.31. The zero-order chi connectivity index (χ0) is 13.7. The number of nitrogens with zero attached hydrogens (tertiary/aromatic N) is 2. The van der Waals surface area contributed by atoms with E-state index in [9.17, 15) is 14.9 Å². The van der Waals surface area contributed by atoms with Crippen LogP contribution in [0.5, 0.6) is 0 Å². The summed E-state index contributed by atoms with van der Waals surface area (Å²) in [6, 6.07) is 1.78. The van der Waals surface area contributed by atoms with Crippen LogP contribution in [0.1, 0.15) is 25.5 Å². The predicted octanol–water partition coefficient (Wildman–Crippen LogP) is 2.14. The molecular weight excluding hydrogens is 254 g/mol. The number of rotatable bonds is 5. The van der Waals surface area contributed by atoms with Crippen LogP contribution in [0, 0.1) is 10.1 Å². The van der Waals surface area contributed by atoms with E-state index in [1.165, 1.54) is 11.8 Å². The molecule has 1 N–H and O–H groups in total. The lowest BCUT2D eigenvalue weighted by Crippen LogP contribution is -2.23. The summed E-state index contributed by atoms with van der Waals surface area (Å²) in [5, 5.41) is 12.9. The summed E-state index contributed by atoms with van der Waals surface area (Å²) in [4.78, 5) is 26.2. The van der Waals surface area contributed by atoms with Crippen molar-refractivity contribution < 1.29 is 9.72 Å². The Kier molecular flexibility index (Phi) is 5.08. The minimum Gasteiger partial charge on any atom is -0.318 e. The highest BCUT2D eigenvalue weighted by molar-refractivity contribution is 7.98. The normalized spacial score (nSPS) is 10.4. The molecule has 0 saturated heterocycles. The first-order valence-electron chi connectivity index (χ1n) is 5.40. The second-order valence-corrected chi connectivity index (χ2v) is 4.82.